The summed E-state index contributed by atoms with van der Waals surface area (Å²) in [5, 5.41) is 0. The van der Waals surface area contributed by atoms with Crippen molar-refractivity contribution in [3.8, 4) is 0 Å². The van der Waals surface area contributed by atoms with Gasteiger partial charge in [-0.25, -0.2) is 13.1 Å². The summed E-state index contributed by atoms with van der Waals surface area (Å²) in [7, 11) is -3.71. The predicted octanol–water partition coefficient (Wildman–Crippen LogP) is 2.02. The van der Waals surface area contributed by atoms with E-state index in [4.69, 9.17) is 0 Å². The first-order valence-corrected chi connectivity index (χ1v) is 6.98. The average Bonchev–Trinajstić information content (AvgIpc) is 2.26. The Labute approximate surface area is 102 Å². The first-order valence-electron chi connectivity index (χ1n) is 5.50. The molecule has 17 heavy (non-hydrogen) atoms. The van der Waals surface area contributed by atoms with Crippen LogP contribution in [0.4, 0.5) is 0 Å². The molecule has 1 atom stereocenters. The average molecular weight is 255 g/mol. The zero-order valence-electron chi connectivity index (χ0n) is 10.2. The molecule has 0 aromatic heterocycles. The first kappa shape index (κ1) is 13.7. The minimum Gasteiger partial charge on any atom is -0.274 e. The van der Waals surface area contributed by atoms with Crippen molar-refractivity contribution in [3.63, 3.8) is 0 Å². The molecule has 0 aliphatic rings. The van der Waals surface area contributed by atoms with Crippen LogP contribution < -0.4 is 4.72 Å². The van der Waals surface area contributed by atoms with Gasteiger partial charge < -0.3 is 0 Å². The van der Waals surface area contributed by atoms with E-state index in [1.165, 1.54) is 19.1 Å². The van der Waals surface area contributed by atoms with Gasteiger partial charge in [-0.05, 0) is 30.0 Å². The third kappa shape index (κ3) is 3.56. The molecule has 1 aromatic rings. The van der Waals surface area contributed by atoms with E-state index in [2.05, 4.69) is 13.8 Å². The zero-order valence-corrected chi connectivity index (χ0v) is 11.0. The molecule has 1 aromatic carbocycles. The highest BCUT2D eigenvalue weighted by Crippen LogP contribution is 2.20. The van der Waals surface area contributed by atoms with Gasteiger partial charge >= 0.3 is 0 Å². The van der Waals surface area contributed by atoms with E-state index >= 15 is 0 Å². The number of sulfonamides is 1. The van der Waals surface area contributed by atoms with Crippen molar-refractivity contribution >= 4 is 15.9 Å². The molecule has 1 rings (SSSR count). The van der Waals surface area contributed by atoms with E-state index in [1.807, 2.05) is 4.72 Å². The Hall–Kier alpha value is -1.36. The fourth-order valence-electron chi connectivity index (χ4n) is 1.46. The van der Waals surface area contributed by atoms with Gasteiger partial charge in [0.15, 0.2) is 0 Å². The lowest BCUT2D eigenvalue weighted by molar-refractivity contribution is -0.117. The second kappa shape index (κ2) is 5.31. The molecule has 1 unspecified atom stereocenters. The van der Waals surface area contributed by atoms with E-state index in [9.17, 15) is 13.2 Å². The highest BCUT2D eigenvalue weighted by Gasteiger charge is 2.15. The summed E-state index contributed by atoms with van der Waals surface area (Å²) >= 11 is 0. The summed E-state index contributed by atoms with van der Waals surface area (Å²) in [5.41, 5.74) is 1.09. The normalized spacial score (nSPS) is 13.1. The molecule has 0 saturated carbocycles. The van der Waals surface area contributed by atoms with Crippen molar-refractivity contribution in [3.05, 3.63) is 29.8 Å². The molecule has 0 radical (unpaired) electrons. The molecule has 0 spiro atoms. The SMILES string of the molecule is CCC(C)c1ccc(S(=O)(=O)NC(C)=O)cc1. The molecule has 0 fully saturated rings. The van der Waals surface area contributed by atoms with Crippen LogP contribution in [0.1, 0.15) is 38.7 Å². The monoisotopic (exact) mass is 255 g/mol. The third-order valence-corrected chi connectivity index (χ3v) is 4.10. The van der Waals surface area contributed by atoms with Gasteiger partial charge in [0.2, 0.25) is 5.91 Å². The van der Waals surface area contributed by atoms with Crippen LogP contribution in [0, 0.1) is 0 Å². The minimum atomic E-state index is -3.71. The Balaban J connectivity index is 2.99. The topological polar surface area (TPSA) is 63.2 Å². The van der Waals surface area contributed by atoms with E-state index < -0.39 is 15.9 Å². The fourth-order valence-corrected chi connectivity index (χ4v) is 2.45. The third-order valence-electron chi connectivity index (χ3n) is 2.65. The van der Waals surface area contributed by atoms with E-state index in [0.717, 1.165) is 12.0 Å². The van der Waals surface area contributed by atoms with Crippen molar-refractivity contribution < 1.29 is 13.2 Å². The van der Waals surface area contributed by atoms with Crippen LogP contribution in [0.25, 0.3) is 0 Å². The molecule has 5 heteroatoms. The van der Waals surface area contributed by atoms with Crippen LogP contribution in [0.5, 0.6) is 0 Å². The molecular weight excluding hydrogens is 238 g/mol. The number of nitrogens with one attached hydrogen (secondary N) is 1. The number of hydrogen-bond donors (Lipinski definition) is 1. The lowest BCUT2D eigenvalue weighted by Crippen LogP contribution is -2.28. The molecule has 0 heterocycles. The lowest BCUT2D eigenvalue weighted by atomic mass is 9.99. The second-order valence-corrected chi connectivity index (χ2v) is 5.72. The van der Waals surface area contributed by atoms with Crippen LogP contribution in [0.2, 0.25) is 0 Å². The number of hydrogen-bond acceptors (Lipinski definition) is 3. The predicted molar refractivity (Wildman–Crippen MR) is 66.2 cm³/mol. The van der Waals surface area contributed by atoms with Crippen molar-refractivity contribution in [2.75, 3.05) is 0 Å². The Morgan fingerprint density at radius 2 is 1.82 bits per heavy atom. The van der Waals surface area contributed by atoms with E-state index in [0.29, 0.717) is 5.92 Å². The smallest absolute Gasteiger partial charge is 0.264 e. The van der Waals surface area contributed by atoms with Gasteiger partial charge in [0.25, 0.3) is 10.0 Å². The highest BCUT2D eigenvalue weighted by molar-refractivity contribution is 7.90. The van der Waals surface area contributed by atoms with Gasteiger partial charge in [-0.15, -0.1) is 0 Å². The van der Waals surface area contributed by atoms with Crippen LogP contribution in [0.3, 0.4) is 0 Å². The maximum absolute atomic E-state index is 11.7. The molecule has 94 valence electrons. The van der Waals surface area contributed by atoms with Gasteiger partial charge in [-0.2, -0.15) is 0 Å². The molecule has 4 nitrogen and oxygen atoms in total. The summed E-state index contributed by atoms with van der Waals surface area (Å²) in [6, 6.07) is 6.60. The largest absolute Gasteiger partial charge is 0.274 e. The second-order valence-electron chi connectivity index (χ2n) is 4.04. The molecule has 1 amide bonds. The fraction of sp³-hybridized carbons (Fsp3) is 0.417. The van der Waals surface area contributed by atoms with Crippen molar-refractivity contribution in [2.24, 2.45) is 0 Å². The summed E-state index contributed by atoms with van der Waals surface area (Å²) in [5.74, 6) is -0.191. The van der Waals surface area contributed by atoms with Crippen molar-refractivity contribution in [1.82, 2.24) is 4.72 Å². The quantitative estimate of drug-likeness (QED) is 0.895. The standard InChI is InChI=1S/C12H17NO3S/c1-4-9(2)11-5-7-12(8-6-11)17(15,16)13-10(3)14/h5-9H,4H2,1-3H3,(H,13,14). The molecule has 1 N–H and O–H groups in total. The number of benzene rings is 1. The molecule has 0 aliphatic heterocycles. The molecule has 0 bridgehead atoms. The first-order chi connectivity index (χ1) is 7.86. The van der Waals surface area contributed by atoms with Crippen molar-refractivity contribution in [2.45, 2.75) is 38.0 Å². The minimum absolute atomic E-state index is 0.111. The van der Waals surface area contributed by atoms with E-state index in [-0.39, 0.29) is 4.90 Å². The molecular formula is C12H17NO3S. The highest BCUT2D eigenvalue weighted by atomic mass is 32.2. The summed E-state index contributed by atoms with van der Waals surface area (Å²) < 4.78 is 25.3. The van der Waals surface area contributed by atoms with E-state index in [1.54, 1.807) is 12.1 Å². The Kier molecular flexibility index (Phi) is 4.28. The van der Waals surface area contributed by atoms with Crippen LogP contribution in [-0.4, -0.2) is 14.3 Å². The van der Waals surface area contributed by atoms with Gasteiger partial charge in [0.1, 0.15) is 0 Å². The van der Waals surface area contributed by atoms with Gasteiger partial charge in [0.05, 0.1) is 4.90 Å². The Morgan fingerprint density at radius 1 is 1.29 bits per heavy atom. The maximum Gasteiger partial charge on any atom is 0.264 e. The van der Waals surface area contributed by atoms with Crippen LogP contribution >= 0.6 is 0 Å². The summed E-state index contributed by atoms with van der Waals surface area (Å²) in [6.07, 6.45) is 0.998. The van der Waals surface area contributed by atoms with Gasteiger partial charge in [-0.1, -0.05) is 26.0 Å². The number of amides is 1. The molecule has 0 aliphatic carbocycles. The summed E-state index contributed by atoms with van der Waals surface area (Å²) in [6.45, 7) is 5.33. The van der Waals surface area contributed by atoms with Crippen LogP contribution in [-0.2, 0) is 14.8 Å². The lowest BCUT2D eigenvalue weighted by Gasteiger charge is -2.10. The molecule has 0 saturated heterocycles. The van der Waals surface area contributed by atoms with Gasteiger partial charge in [0, 0.05) is 6.92 Å². The number of rotatable bonds is 4. The number of carbonyl (C=O) groups excluding carboxylic acids is 1. The Morgan fingerprint density at radius 3 is 2.24 bits per heavy atom. The Bertz CT molecular complexity index is 491. The van der Waals surface area contributed by atoms with Crippen molar-refractivity contribution in [1.29, 1.82) is 0 Å². The summed E-state index contributed by atoms with van der Waals surface area (Å²) in [4.78, 5) is 10.9. The van der Waals surface area contributed by atoms with Crippen LogP contribution in [0.15, 0.2) is 29.2 Å². The number of carbonyl (C=O) groups is 1. The maximum atomic E-state index is 11.7. The van der Waals surface area contributed by atoms with Gasteiger partial charge in [-0.3, -0.25) is 4.79 Å². The zero-order chi connectivity index (χ0) is 13.1.